The lowest BCUT2D eigenvalue weighted by Crippen LogP contribution is -2.38. The van der Waals surface area contributed by atoms with Crippen molar-refractivity contribution in [2.24, 2.45) is 17.1 Å². The van der Waals surface area contributed by atoms with Crippen LogP contribution in [0.2, 0.25) is 0 Å². The molecule has 0 radical (unpaired) electrons. The average molecular weight is 289 g/mol. The number of benzene rings is 1. The smallest absolute Gasteiger partial charge is 0.169 e. The quantitative estimate of drug-likeness (QED) is 0.816. The van der Waals surface area contributed by atoms with Gasteiger partial charge in [-0.3, -0.25) is 0 Å². The van der Waals surface area contributed by atoms with E-state index in [4.69, 9.17) is 10.2 Å². The van der Waals surface area contributed by atoms with Gasteiger partial charge < -0.3 is 10.2 Å². The number of hydrogen-bond donors (Lipinski definition) is 1. The zero-order valence-corrected chi connectivity index (χ0v) is 13.0. The molecule has 1 saturated carbocycles. The van der Waals surface area contributed by atoms with Crippen LogP contribution in [0, 0.1) is 17.2 Å². The monoisotopic (exact) mass is 289 g/mol. The molecule has 0 bridgehead atoms. The number of furan rings is 1. The Balaban J connectivity index is 1.94. The Kier molecular flexibility index (Phi) is 3.56. The molecule has 1 aromatic heterocycles. The van der Waals surface area contributed by atoms with Gasteiger partial charge in [0.1, 0.15) is 5.76 Å². The van der Waals surface area contributed by atoms with E-state index in [1.165, 1.54) is 6.07 Å². The third-order valence-corrected chi connectivity index (χ3v) is 5.01. The SMILES string of the molecule is CC(C)(C)C1CCC(N)C(c2cc3cccc(F)c3o2)C1. The van der Waals surface area contributed by atoms with Crippen LogP contribution in [0.3, 0.4) is 0 Å². The lowest BCUT2D eigenvalue weighted by Gasteiger charge is -2.39. The summed E-state index contributed by atoms with van der Waals surface area (Å²) in [4.78, 5) is 0. The number of rotatable bonds is 1. The van der Waals surface area contributed by atoms with E-state index in [0.717, 1.165) is 30.4 Å². The molecule has 1 aromatic carbocycles. The number of para-hydroxylation sites is 1. The highest BCUT2D eigenvalue weighted by atomic mass is 19.1. The van der Waals surface area contributed by atoms with Gasteiger partial charge in [0.05, 0.1) is 0 Å². The standard InChI is InChI=1S/C18H24FNO/c1-18(2,3)12-7-8-15(20)13(10-12)16-9-11-5-4-6-14(19)17(11)21-16/h4-6,9,12-13,15H,7-8,10,20H2,1-3H3. The van der Waals surface area contributed by atoms with Crippen molar-refractivity contribution in [3.8, 4) is 0 Å². The van der Waals surface area contributed by atoms with Gasteiger partial charge in [-0.05, 0) is 42.7 Å². The molecule has 1 aliphatic rings. The summed E-state index contributed by atoms with van der Waals surface area (Å²) in [5.41, 5.74) is 6.95. The van der Waals surface area contributed by atoms with Crippen LogP contribution in [-0.2, 0) is 0 Å². The van der Waals surface area contributed by atoms with Gasteiger partial charge in [0, 0.05) is 17.3 Å². The van der Waals surface area contributed by atoms with Gasteiger partial charge in [-0.25, -0.2) is 4.39 Å². The predicted molar refractivity (Wildman–Crippen MR) is 83.7 cm³/mol. The van der Waals surface area contributed by atoms with Crippen LogP contribution >= 0.6 is 0 Å². The summed E-state index contributed by atoms with van der Waals surface area (Å²) in [6.45, 7) is 6.84. The summed E-state index contributed by atoms with van der Waals surface area (Å²) in [6, 6.07) is 7.12. The Morgan fingerprint density at radius 2 is 2.00 bits per heavy atom. The first-order valence-electron chi connectivity index (χ1n) is 7.80. The Morgan fingerprint density at radius 1 is 1.24 bits per heavy atom. The third-order valence-electron chi connectivity index (χ3n) is 5.01. The van der Waals surface area contributed by atoms with Crippen LogP contribution in [-0.4, -0.2) is 6.04 Å². The lowest BCUT2D eigenvalue weighted by molar-refractivity contribution is 0.146. The number of fused-ring (bicyclic) bond motifs is 1. The summed E-state index contributed by atoms with van der Waals surface area (Å²) in [5.74, 6) is 1.36. The fraction of sp³-hybridized carbons (Fsp3) is 0.556. The van der Waals surface area contributed by atoms with Crippen LogP contribution < -0.4 is 5.73 Å². The highest BCUT2D eigenvalue weighted by molar-refractivity contribution is 5.78. The Bertz CT molecular complexity index is 640. The van der Waals surface area contributed by atoms with Gasteiger partial charge in [0.15, 0.2) is 11.4 Å². The lowest BCUT2D eigenvalue weighted by atomic mass is 9.67. The topological polar surface area (TPSA) is 39.2 Å². The van der Waals surface area contributed by atoms with Crippen LogP contribution in [0.25, 0.3) is 11.0 Å². The van der Waals surface area contributed by atoms with Gasteiger partial charge in [0.2, 0.25) is 0 Å². The van der Waals surface area contributed by atoms with Crippen molar-refractivity contribution in [3.05, 3.63) is 35.8 Å². The van der Waals surface area contributed by atoms with Crippen molar-refractivity contribution < 1.29 is 8.81 Å². The molecule has 3 unspecified atom stereocenters. The van der Waals surface area contributed by atoms with E-state index in [-0.39, 0.29) is 23.2 Å². The zero-order valence-electron chi connectivity index (χ0n) is 13.0. The predicted octanol–water partition coefficient (Wildman–Crippen LogP) is 4.83. The minimum Gasteiger partial charge on any atom is -0.458 e. The normalized spacial score (nSPS) is 27.2. The second-order valence-electron chi connectivity index (χ2n) is 7.45. The Labute approximate surface area is 125 Å². The first kappa shape index (κ1) is 14.6. The summed E-state index contributed by atoms with van der Waals surface area (Å²) in [7, 11) is 0. The molecule has 1 heterocycles. The largest absolute Gasteiger partial charge is 0.458 e. The van der Waals surface area contributed by atoms with E-state index in [2.05, 4.69) is 20.8 Å². The molecule has 3 atom stereocenters. The van der Waals surface area contributed by atoms with E-state index >= 15 is 0 Å². The molecule has 3 heteroatoms. The highest BCUT2D eigenvalue weighted by Gasteiger charge is 2.36. The fourth-order valence-corrected chi connectivity index (χ4v) is 3.54. The van der Waals surface area contributed by atoms with E-state index in [0.29, 0.717) is 11.5 Å². The third kappa shape index (κ3) is 2.71. The van der Waals surface area contributed by atoms with Crippen molar-refractivity contribution in [1.29, 1.82) is 0 Å². The maximum Gasteiger partial charge on any atom is 0.169 e. The second-order valence-corrected chi connectivity index (χ2v) is 7.45. The van der Waals surface area contributed by atoms with E-state index in [1.54, 1.807) is 6.07 Å². The van der Waals surface area contributed by atoms with Crippen molar-refractivity contribution in [1.82, 2.24) is 0 Å². The first-order chi connectivity index (χ1) is 9.86. The van der Waals surface area contributed by atoms with Gasteiger partial charge in [0.25, 0.3) is 0 Å². The van der Waals surface area contributed by atoms with Gasteiger partial charge >= 0.3 is 0 Å². The average Bonchev–Trinajstić information content (AvgIpc) is 2.83. The van der Waals surface area contributed by atoms with Gasteiger partial charge in [-0.15, -0.1) is 0 Å². The van der Waals surface area contributed by atoms with Crippen LogP contribution in [0.5, 0.6) is 0 Å². The summed E-state index contributed by atoms with van der Waals surface area (Å²) in [5, 5.41) is 0.829. The van der Waals surface area contributed by atoms with E-state index < -0.39 is 0 Å². The fourth-order valence-electron chi connectivity index (χ4n) is 3.54. The van der Waals surface area contributed by atoms with E-state index in [1.807, 2.05) is 12.1 Å². The van der Waals surface area contributed by atoms with Crippen LogP contribution in [0.4, 0.5) is 4.39 Å². The van der Waals surface area contributed by atoms with Crippen LogP contribution in [0.15, 0.2) is 28.7 Å². The maximum absolute atomic E-state index is 13.8. The number of halogens is 1. The van der Waals surface area contributed by atoms with Crippen molar-refractivity contribution in [2.45, 2.75) is 52.0 Å². The molecule has 0 spiro atoms. The Hall–Kier alpha value is -1.35. The molecule has 2 N–H and O–H groups in total. The molecule has 2 nitrogen and oxygen atoms in total. The molecular weight excluding hydrogens is 265 g/mol. The second kappa shape index (κ2) is 5.13. The molecule has 3 rings (SSSR count). The summed E-state index contributed by atoms with van der Waals surface area (Å²) in [6.07, 6.45) is 3.19. The molecule has 0 aliphatic heterocycles. The molecule has 114 valence electrons. The molecule has 1 aliphatic carbocycles. The highest BCUT2D eigenvalue weighted by Crippen LogP contribution is 2.44. The number of hydrogen-bond acceptors (Lipinski definition) is 2. The molecular formula is C18H24FNO. The van der Waals surface area contributed by atoms with Crippen molar-refractivity contribution in [2.75, 3.05) is 0 Å². The van der Waals surface area contributed by atoms with E-state index in [9.17, 15) is 4.39 Å². The Morgan fingerprint density at radius 3 is 2.67 bits per heavy atom. The molecule has 21 heavy (non-hydrogen) atoms. The molecule has 0 amide bonds. The summed E-state index contributed by atoms with van der Waals surface area (Å²) >= 11 is 0. The van der Waals surface area contributed by atoms with Crippen molar-refractivity contribution in [3.63, 3.8) is 0 Å². The van der Waals surface area contributed by atoms with Gasteiger partial charge in [-0.1, -0.05) is 32.9 Å². The minimum atomic E-state index is -0.296. The summed E-state index contributed by atoms with van der Waals surface area (Å²) < 4.78 is 19.6. The zero-order chi connectivity index (χ0) is 15.2. The van der Waals surface area contributed by atoms with Crippen LogP contribution in [0.1, 0.15) is 51.7 Å². The molecule has 1 fully saturated rings. The van der Waals surface area contributed by atoms with Crippen molar-refractivity contribution >= 4 is 11.0 Å². The minimum absolute atomic E-state index is 0.104. The number of nitrogens with two attached hydrogens (primary N) is 1. The molecule has 0 saturated heterocycles. The molecule has 2 aromatic rings. The van der Waals surface area contributed by atoms with Gasteiger partial charge in [-0.2, -0.15) is 0 Å². The maximum atomic E-state index is 13.8. The first-order valence-corrected chi connectivity index (χ1v) is 7.80.